The second kappa shape index (κ2) is 4.54. The molecule has 2 nitrogen and oxygen atoms in total. The van der Waals surface area contributed by atoms with Crippen molar-refractivity contribution in [2.75, 3.05) is 19.0 Å². The lowest BCUT2D eigenvalue weighted by atomic mass is 9.98. The highest BCUT2D eigenvalue weighted by atomic mass is 35.5. The molecule has 0 unspecified atom stereocenters. The highest BCUT2D eigenvalue weighted by Crippen LogP contribution is 2.36. The van der Waals surface area contributed by atoms with E-state index in [1.807, 2.05) is 18.2 Å². The topological polar surface area (TPSA) is 21.3 Å². The summed E-state index contributed by atoms with van der Waals surface area (Å²) < 4.78 is 5.28. The van der Waals surface area contributed by atoms with Crippen LogP contribution in [0.15, 0.2) is 36.4 Å². The number of anilines is 1. The molecular formula is C15H14ClNO. The fourth-order valence-electron chi connectivity index (χ4n) is 2.44. The number of nitrogens with one attached hydrogen (secondary N) is 1. The van der Waals surface area contributed by atoms with Crippen LogP contribution in [-0.2, 0) is 6.42 Å². The van der Waals surface area contributed by atoms with Gasteiger partial charge in [-0.3, -0.25) is 0 Å². The van der Waals surface area contributed by atoms with Gasteiger partial charge in [-0.05, 0) is 41.3 Å². The maximum atomic E-state index is 6.06. The van der Waals surface area contributed by atoms with E-state index in [0.717, 1.165) is 24.3 Å². The van der Waals surface area contributed by atoms with E-state index >= 15 is 0 Å². The third-order valence-electron chi connectivity index (χ3n) is 3.33. The Balaban J connectivity index is 2.13. The largest absolute Gasteiger partial charge is 0.495 e. The Kier molecular flexibility index (Phi) is 2.88. The molecule has 18 heavy (non-hydrogen) atoms. The first-order valence-electron chi connectivity index (χ1n) is 5.99. The minimum absolute atomic E-state index is 0.645. The third-order valence-corrected chi connectivity index (χ3v) is 3.64. The second-order valence-electron chi connectivity index (χ2n) is 4.36. The Morgan fingerprint density at radius 1 is 1.22 bits per heavy atom. The van der Waals surface area contributed by atoms with Gasteiger partial charge in [0.05, 0.1) is 12.1 Å². The van der Waals surface area contributed by atoms with Crippen LogP contribution in [0, 0.1) is 0 Å². The zero-order chi connectivity index (χ0) is 12.5. The molecule has 1 aliphatic rings. The Labute approximate surface area is 112 Å². The van der Waals surface area contributed by atoms with E-state index < -0.39 is 0 Å². The zero-order valence-electron chi connectivity index (χ0n) is 10.2. The minimum Gasteiger partial charge on any atom is -0.495 e. The Hall–Kier alpha value is -1.67. The number of halogens is 1. The van der Waals surface area contributed by atoms with Gasteiger partial charge in [0.25, 0.3) is 0 Å². The molecule has 3 heteroatoms. The summed E-state index contributed by atoms with van der Waals surface area (Å²) in [5.41, 5.74) is 5.02. The number of ether oxygens (including phenoxy) is 1. The maximum Gasteiger partial charge on any atom is 0.138 e. The van der Waals surface area contributed by atoms with Gasteiger partial charge in [0, 0.05) is 12.2 Å². The molecule has 3 rings (SSSR count). The van der Waals surface area contributed by atoms with Crippen molar-refractivity contribution in [1.29, 1.82) is 0 Å². The van der Waals surface area contributed by atoms with Crippen molar-refractivity contribution in [3.05, 3.63) is 47.0 Å². The lowest BCUT2D eigenvalue weighted by molar-refractivity contribution is 0.415. The van der Waals surface area contributed by atoms with Gasteiger partial charge in [-0.1, -0.05) is 29.8 Å². The first-order chi connectivity index (χ1) is 8.79. The summed E-state index contributed by atoms with van der Waals surface area (Å²) in [6.45, 7) is 1.01. The van der Waals surface area contributed by atoms with Crippen LogP contribution in [0.3, 0.4) is 0 Å². The summed E-state index contributed by atoms with van der Waals surface area (Å²) in [5, 5.41) is 4.04. The van der Waals surface area contributed by atoms with Crippen molar-refractivity contribution in [2.24, 2.45) is 0 Å². The normalized spacial score (nSPS) is 13.0. The Bertz CT molecular complexity index is 595. The van der Waals surface area contributed by atoms with E-state index in [2.05, 4.69) is 23.5 Å². The molecule has 92 valence electrons. The van der Waals surface area contributed by atoms with Crippen molar-refractivity contribution >= 4 is 17.3 Å². The summed E-state index contributed by atoms with van der Waals surface area (Å²) in [4.78, 5) is 0. The Morgan fingerprint density at radius 2 is 2.11 bits per heavy atom. The number of fused-ring (bicyclic) bond motifs is 1. The highest BCUT2D eigenvalue weighted by Gasteiger charge is 2.15. The number of hydrogen-bond acceptors (Lipinski definition) is 2. The van der Waals surface area contributed by atoms with E-state index in [1.54, 1.807) is 7.11 Å². The van der Waals surface area contributed by atoms with Crippen molar-refractivity contribution in [3.8, 4) is 16.9 Å². The van der Waals surface area contributed by atoms with Gasteiger partial charge in [0.1, 0.15) is 5.75 Å². The van der Waals surface area contributed by atoms with Crippen LogP contribution in [0.4, 0.5) is 5.69 Å². The van der Waals surface area contributed by atoms with Gasteiger partial charge in [-0.25, -0.2) is 0 Å². The molecule has 0 aromatic heterocycles. The Morgan fingerprint density at radius 3 is 2.94 bits per heavy atom. The van der Waals surface area contributed by atoms with Crippen LogP contribution in [0.1, 0.15) is 5.56 Å². The molecule has 0 atom stereocenters. The average molecular weight is 260 g/mol. The van der Waals surface area contributed by atoms with Crippen LogP contribution in [0.5, 0.6) is 5.75 Å². The summed E-state index contributed by atoms with van der Waals surface area (Å²) in [6, 6.07) is 12.3. The second-order valence-corrected chi connectivity index (χ2v) is 4.76. The smallest absolute Gasteiger partial charge is 0.138 e. The van der Waals surface area contributed by atoms with Crippen molar-refractivity contribution in [3.63, 3.8) is 0 Å². The molecule has 0 amide bonds. The lowest BCUT2D eigenvalue weighted by Gasteiger charge is -2.10. The molecule has 2 aromatic carbocycles. The molecule has 2 aromatic rings. The average Bonchev–Trinajstić information content (AvgIpc) is 2.87. The van der Waals surface area contributed by atoms with Crippen LogP contribution < -0.4 is 10.1 Å². The fourth-order valence-corrected chi connectivity index (χ4v) is 2.64. The monoisotopic (exact) mass is 259 g/mol. The molecule has 0 aliphatic carbocycles. The van der Waals surface area contributed by atoms with E-state index in [0.29, 0.717) is 5.02 Å². The zero-order valence-corrected chi connectivity index (χ0v) is 10.9. The van der Waals surface area contributed by atoms with Crippen LogP contribution in [0.2, 0.25) is 5.02 Å². The predicted molar refractivity (Wildman–Crippen MR) is 75.6 cm³/mol. The molecule has 1 aliphatic heterocycles. The SMILES string of the molecule is COc1cc(-c2cccc3c2CCN3)ccc1Cl. The lowest BCUT2D eigenvalue weighted by Crippen LogP contribution is -1.90. The number of rotatable bonds is 2. The first kappa shape index (κ1) is 11.4. The van der Waals surface area contributed by atoms with E-state index in [9.17, 15) is 0 Å². The van der Waals surface area contributed by atoms with Gasteiger partial charge >= 0.3 is 0 Å². The minimum atomic E-state index is 0.645. The van der Waals surface area contributed by atoms with E-state index in [1.165, 1.54) is 16.8 Å². The molecule has 1 heterocycles. The van der Waals surface area contributed by atoms with Crippen molar-refractivity contribution in [2.45, 2.75) is 6.42 Å². The van der Waals surface area contributed by atoms with Gasteiger partial charge in [0.15, 0.2) is 0 Å². The number of methoxy groups -OCH3 is 1. The molecule has 0 fully saturated rings. The van der Waals surface area contributed by atoms with E-state index in [4.69, 9.17) is 16.3 Å². The number of benzene rings is 2. The van der Waals surface area contributed by atoms with Crippen LogP contribution >= 0.6 is 11.6 Å². The van der Waals surface area contributed by atoms with Gasteiger partial charge < -0.3 is 10.1 Å². The summed E-state index contributed by atoms with van der Waals surface area (Å²) in [7, 11) is 1.64. The third kappa shape index (κ3) is 1.83. The molecule has 0 spiro atoms. The molecule has 0 saturated carbocycles. The molecular weight excluding hydrogens is 246 g/mol. The van der Waals surface area contributed by atoms with Crippen LogP contribution in [-0.4, -0.2) is 13.7 Å². The van der Waals surface area contributed by atoms with Crippen LogP contribution in [0.25, 0.3) is 11.1 Å². The van der Waals surface area contributed by atoms with Gasteiger partial charge in [0.2, 0.25) is 0 Å². The maximum absolute atomic E-state index is 6.06. The molecule has 1 N–H and O–H groups in total. The summed E-state index contributed by atoms with van der Waals surface area (Å²) in [5.74, 6) is 0.720. The standard InChI is InChI=1S/C15H14ClNO/c1-18-15-9-10(5-6-13(15)16)11-3-2-4-14-12(11)7-8-17-14/h2-6,9,17H,7-8H2,1H3. The predicted octanol–water partition coefficient (Wildman–Crippen LogP) is 3.98. The molecule has 0 bridgehead atoms. The van der Waals surface area contributed by atoms with Gasteiger partial charge in [-0.2, -0.15) is 0 Å². The first-order valence-corrected chi connectivity index (χ1v) is 6.37. The quantitative estimate of drug-likeness (QED) is 0.881. The van der Waals surface area contributed by atoms with E-state index in [-0.39, 0.29) is 0 Å². The summed E-state index contributed by atoms with van der Waals surface area (Å²) >= 11 is 6.06. The molecule has 0 radical (unpaired) electrons. The molecule has 0 saturated heterocycles. The van der Waals surface area contributed by atoms with Crippen molar-refractivity contribution in [1.82, 2.24) is 0 Å². The number of hydrogen-bond donors (Lipinski definition) is 1. The summed E-state index contributed by atoms with van der Waals surface area (Å²) in [6.07, 6.45) is 1.07. The highest BCUT2D eigenvalue weighted by molar-refractivity contribution is 6.32. The van der Waals surface area contributed by atoms with Crippen molar-refractivity contribution < 1.29 is 4.74 Å². The van der Waals surface area contributed by atoms with Gasteiger partial charge in [-0.15, -0.1) is 0 Å². The fraction of sp³-hybridized carbons (Fsp3) is 0.200.